The molecule has 0 fully saturated rings. The van der Waals surface area contributed by atoms with E-state index in [0.717, 1.165) is 22.6 Å². The third kappa shape index (κ3) is 2.74. The van der Waals surface area contributed by atoms with Crippen LogP contribution in [0.2, 0.25) is 0 Å². The van der Waals surface area contributed by atoms with Gasteiger partial charge in [0.25, 0.3) is 0 Å². The van der Waals surface area contributed by atoms with Gasteiger partial charge in [0.2, 0.25) is 0 Å². The van der Waals surface area contributed by atoms with E-state index >= 15 is 0 Å². The van der Waals surface area contributed by atoms with Gasteiger partial charge >= 0.3 is 0 Å². The zero-order chi connectivity index (χ0) is 13.1. The standard InChI is InChI=1S/C15H18O3/c1-10-6-11(2)15(12(3)7-10)17-9-14-5-4-13(8-16)18-14/h4-7,16H,8-9H2,1-3H3. The summed E-state index contributed by atoms with van der Waals surface area (Å²) in [6.07, 6.45) is 0. The van der Waals surface area contributed by atoms with Gasteiger partial charge in [-0.25, -0.2) is 0 Å². The molecule has 3 heteroatoms. The lowest BCUT2D eigenvalue weighted by atomic mass is 10.1. The maximum absolute atomic E-state index is 8.92. The highest BCUT2D eigenvalue weighted by molar-refractivity contribution is 5.42. The summed E-state index contributed by atoms with van der Waals surface area (Å²) in [5.74, 6) is 2.19. The summed E-state index contributed by atoms with van der Waals surface area (Å²) in [6, 6.07) is 7.78. The fraction of sp³-hybridized carbons (Fsp3) is 0.333. The first kappa shape index (κ1) is 12.7. The number of aliphatic hydroxyl groups excluding tert-OH is 1. The first-order valence-electron chi connectivity index (χ1n) is 5.99. The molecule has 0 aliphatic rings. The lowest BCUT2D eigenvalue weighted by molar-refractivity contribution is 0.224. The predicted molar refractivity (Wildman–Crippen MR) is 69.6 cm³/mol. The summed E-state index contributed by atoms with van der Waals surface area (Å²) in [6.45, 7) is 6.45. The van der Waals surface area contributed by atoms with E-state index in [9.17, 15) is 0 Å². The highest BCUT2D eigenvalue weighted by Crippen LogP contribution is 2.25. The Morgan fingerprint density at radius 3 is 2.22 bits per heavy atom. The summed E-state index contributed by atoms with van der Waals surface area (Å²) in [4.78, 5) is 0. The number of hydrogen-bond acceptors (Lipinski definition) is 3. The second kappa shape index (κ2) is 5.27. The average Bonchev–Trinajstić information content (AvgIpc) is 2.75. The smallest absolute Gasteiger partial charge is 0.146 e. The van der Waals surface area contributed by atoms with Crippen molar-refractivity contribution in [3.05, 3.63) is 52.5 Å². The molecule has 2 rings (SSSR count). The van der Waals surface area contributed by atoms with Crippen molar-refractivity contribution in [3.63, 3.8) is 0 Å². The molecule has 3 nitrogen and oxygen atoms in total. The van der Waals surface area contributed by atoms with Gasteiger partial charge in [0.15, 0.2) is 0 Å². The van der Waals surface area contributed by atoms with Crippen LogP contribution < -0.4 is 4.74 Å². The minimum Gasteiger partial charge on any atom is -0.485 e. The highest BCUT2D eigenvalue weighted by Gasteiger charge is 2.07. The zero-order valence-corrected chi connectivity index (χ0v) is 11.0. The van der Waals surface area contributed by atoms with Crippen LogP contribution in [0.4, 0.5) is 0 Å². The van der Waals surface area contributed by atoms with E-state index in [0.29, 0.717) is 12.4 Å². The lowest BCUT2D eigenvalue weighted by Gasteiger charge is -2.12. The van der Waals surface area contributed by atoms with Crippen molar-refractivity contribution >= 4 is 0 Å². The second-order valence-corrected chi connectivity index (χ2v) is 4.54. The van der Waals surface area contributed by atoms with E-state index < -0.39 is 0 Å². The number of hydrogen-bond donors (Lipinski definition) is 1. The Balaban J connectivity index is 2.10. The van der Waals surface area contributed by atoms with E-state index in [1.165, 1.54) is 5.56 Å². The quantitative estimate of drug-likeness (QED) is 0.900. The van der Waals surface area contributed by atoms with Crippen molar-refractivity contribution in [2.24, 2.45) is 0 Å². The van der Waals surface area contributed by atoms with Crippen LogP contribution in [-0.2, 0) is 13.2 Å². The molecule has 0 bridgehead atoms. The molecular weight excluding hydrogens is 228 g/mol. The SMILES string of the molecule is Cc1cc(C)c(OCc2ccc(CO)o2)c(C)c1. The van der Waals surface area contributed by atoms with Crippen molar-refractivity contribution in [2.45, 2.75) is 34.0 Å². The molecule has 0 atom stereocenters. The molecule has 0 amide bonds. The number of ether oxygens (including phenoxy) is 1. The summed E-state index contributed by atoms with van der Waals surface area (Å²) >= 11 is 0. The van der Waals surface area contributed by atoms with Gasteiger partial charge in [-0.3, -0.25) is 0 Å². The third-order valence-electron chi connectivity index (χ3n) is 2.84. The van der Waals surface area contributed by atoms with Crippen LogP contribution in [0.15, 0.2) is 28.7 Å². The van der Waals surface area contributed by atoms with Gasteiger partial charge in [-0.05, 0) is 44.0 Å². The number of aliphatic hydroxyl groups is 1. The van der Waals surface area contributed by atoms with Gasteiger partial charge in [0.1, 0.15) is 30.5 Å². The van der Waals surface area contributed by atoms with E-state index in [-0.39, 0.29) is 6.61 Å². The van der Waals surface area contributed by atoms with Gasteiger partial charge < -0.3 is 14.3 Å². The topological polar surface area (TPSA) is 42.6 Å². The van der Waals surface area contributed by atoms with E-state index in [4.69, 9.17) is 14.3 Å². The van der Waals surface area contributed by atoms with Gasteiger partial charge in [-0.2, -0.15) is 0 Å². The molecule has 96 valence electrons. The Kier molecular flexibility index (Phi) is 3.72. The van der Waals surface area contributed by atoms with Crippen LogP contribution in [0, 0.1) is 20.8 Å². The molecule has 1 heterocycles. The molecule has 2 aromatic rings. The van der Waals surface area contributed by atoms with E-state index in [1.54, 1.807) is 6.07 Å². The molecule has 1 aromatic carbocycles. The van der Waals surface area contributed by atoms with Crippen LogP contribution >= 0.6 is 0 Å². The van der Waals surface area contributed by atoms with Gasteiger partial charge in [0.05, 0.1) is 0 Å². The van der Waals surface area contributed by atoms with Crippen LogP contribution in [0.5, 0.6) is 5.75 Å². The van der Waals surface area contributed by atoms with Gasteiger partial charge in [-0.15, -0.1) is 0 Å². The second-order valence-electron chi connectivity index (χ2n) is 4.54. The Morgan fingerprint density at radius 1 is 1.06 bits per heavy atom. The molecule has 18 heavy (non-hydrogen) atoms. The minimum atomic E-state index is -0.0808. The Labute approximate surface area is 107 Å². The molecule has 0 unspecified atom stereocenters. The maximum Gasteiger partial charge on any atom is 0.146 e. The van der Waals surface area contributed by atoms with Crippen molar-refractivity contribution in [2.75, 3.05) is 0 Å². The molecule has 0 aliphatic heterocycles. The molecule has 0 aliphatic carbocycles. The number of aryl methyl sites for hydroxylation is 3. The number of benzene rings is 1. The summed E-state index contributed by atoms with van der Waals surface area (Å²) in [5.41, 5.74) is 3.49. The molecule has 0 spiro atoms. The number of rotatable bonds is 4. The number of furan rings is 1. The Hall–Kier alpha value is -1.74. The zero-order valence-electron chi connectivity index (χ0n) is 11.0. The van der Waals surface area contributed by atoms with Crippen LogP contribution in [-0.4, -0.2) is 5.11 Å². The first-order valence-corrected chi connectivity index (χ1v) is 5.99. The van der Waals surface area contributed by atoms with Crippen LogP contribution in [0.3, 0.4) is 0 Å². The van der Waals surface area contributed by atoms with Crippen molar-refractivity contribution in [1.82, 2.24) is 0 Å². The van der Waals surface area contributed by atoms with Crippen LogP contribution in [0.1, 0.15) is 28.2 Å². The van der Waals surface area contributed by atoms with Crippen LogP contribution in [0.25, 0.3) is 0 Å². The van der Waals surface area contributed by atoms with E-state index in [1.807, 2.05) is 19.9 Å². The highest BCUT2D eigenvalue weighted by atomic mass is 16.5. The lowest BCUT2D eigenvalue weighted by Crippen LogP contribution is -1.98. The third-order valence-corrected chi connectivity index (χ3v) is 2.84. The molecule has 1 aromatic heterocycles. The average molecular weight is 246 g/mol. The summed E-state index contributed by atoms with van der Waals surface area (Å²) in [5, 5.41) is 8.92. The Morgan fingerprint density at radius 2 is 1.67 bits per heavy atom. The molecule has 0 saturated heterocycles. The normalized spacial score (nSPS) is 10.7. The predicted octanol–water partition coefficient (Wildman–Crippen LogP) is 3.28. The fourth-order valence-corrected chi connectivity index (χ4v) is 2.12. The molecule has 0 radical (unpaired) electrons. The van der Waals surface area contributed by atoms with Crippen molar-refractivity contribution < 1.29 is 14.3 Å². The van der Waals surface area contributed by atoms with Gasteiger partial charge in [0, 0.05) is 0 Å². The molecule has 1 N–H and O–H groups in total. The first-order chi connectivity index (χ1) is 8.60. The summed E-state index contributed by atoms with van der Waals surface area (Å²) < 4.78 is 11.2. The minimum absolute atomic E-state index is 0.0808. The van der Waals surface area contributed by atoms with Gasteiger partial charge in [-0.1, -0.05) is 17.7 Å². The fourth-order valence-electron chi connectivity index (χ4n) is 2.12. The molecular formula is C15H18O3. The van der Waals surface area contributed by atoms with Crippen molar-refractivity contribution in [3.8, 4) is 5.75 Å². The largest absolute Gasteiger partial charge is 0.485 e. The monoisotopic (exact) mass is 246 g/mol. The Bertz CT molecular complexity index is 517. The molecule has 0 saturated carbocycles. The maximum atomic E-state index is 8.92. The van der Waals surface area contributed by atoms with Crippen molar-refractivity contribution in [1.29, 1.82) is 0 Å². The summed E-state index contributed by atoms with van der Waals surface area (Å²) in [7, 11) is 0. The van der Waals surface area contributed by atoms with E-state index in [2.05, 4.69) is 19.1 Å².